The molecule has 0 amide bonds. The monoisotopic (exact) mass is 419 g/mol. The zero-order valence-corrected chi connectivity index (χ0v) is 14.9. The van der Waals surface area contributed by atoms with Crippen LogP contribution in [0.4, 0.5) is 32.3 Å². The topological polar surface area (TPSA) is 88.0 Å². The van der Waals surface area contributed by atoms with Gasteiger partial charge < -0.3 is 15.0 Å². The number of nitrogen functional groups attached to an aromatic ring is 1. The first-order valence-corrected chi connectivity index (χ1v) is 9.38. The van der Waals surface area contributed by atoms with Crippen LogP contribution in [0.3, 0.4) is 0 Å². The summed E-state index contributed by atoms with van der Waals surface area (Å²) < 4.78 is 82.1. The predicted molar refractivity (Wildman–Crippen MR) is 86.8 cm³/mol. The summed E-state index contributed by atoms with van der Waals surface area (Å²) in [6, 6.07) is 0. The number of imidazole rings is 1. The number of anilines is 1. The minimum Gasteiger partial charge on any atom is -0.375 e. The third-order valence-corrected chi connectivity index (χ3v) is 5.60. The molecular weight excluding hydrogens is 403 g/mol. The first-order chi connectivity index (χ1) is 12.4. The number of rotatable bonds is 7. The standard InChI is InChI=1S/C13H16F6N5O2P/c1-23-10(25)8-9(22-11(23)20)24(6-21-8)2-3-26-7-27(4-12(14,15)16)5-13(17,18)19/h6H,2-5,7H2,1H3,(H2,20,22). The van der Waals surface area contributed by atoms with Crippen LogP contribution in [0, 0.1) is 0 Å². The van der Waals surface area contributed by atoms with E-state index >= 15 is 0 Å². The van der Waals surface area contributed by atoms with Gasteiger partial charge in [0.25, 0.3) is 5.56 Å². The van der Waals surface area contributed by atoms with Gasteiger partial charge >= 0.3 is 12.4 Å². The van der Waals surface area contributed by atoms with Crippen molar-refractivity contribution in [3.8, 4) is 0 Å². The molecule has 27 heavy (non-hydrogen) atoms. The van der Waals surface area contributed by atoms with Crippen molar-refractivity contribution in [2.24, 2.45) is 7.05 Å². The lowest BCUT2D eigenvalue weighted by Gasteiger charge is -2.20. The van der Waals surface area contributed by atoms with Crippen LogP contribution in [0.1, 0.15) is 0 Å². The molecule has 0 aliphatic heterocycles. The Bertz CT molecular complexity index is 831. The van der Waals surface area contributed by atoms with Gasteiger partial charge in [-0.15, -0.1) is 0 Å². The van der Waals surface area contributed by atoms with Crippen molar-refractivity contribution in [2.45, 2.75) is 18.9 Å². The molecule has 2 aromatic heterocycles. The number of nitrogens with two attached hydrogens (primary N) is 1. The minimum atomic E-state index is -4.69. The van der Waals surface area contributed by atoms with Crippen LogP contribution in [0.15, 0.2) is 11.1 Å². The fourth-order valence-electron chi connectivity index (χ4n) is 2.26. The molecule has 0 bridgehead atoms. The van der Waals surface area contributed by atoms with E-state index in [0.29, 0.717) is 0 Å². The lowest BCUT2D eigenvalue weighted by molar-refractivity contribution is -0.112. The number of aromatic nitrogens is 4. The minimum absolute atomic E-state index is 0.0390. The summed E-state index contributed by atoms with van der Waals surface area (Å²) in [5.74, 6) is -0.0611. The van der Waals surface area contributed by atoms with Gasteiger partial charge in [0, 0.05) is 13.6 Å². The molecule has 0 unspecified atom stereocenters. The fourth-order valence-corrected chi connectivity index (χ4v) is 3.96. The van der Waals surface area contributed by atoms with Crippen molar-refractivity contribution in [1.29, 1.82) is 0 Å². The Morgan fingerprint density at radius 2 is 1.78 bits per heavy atom. The summed E-state index contributed by atoms with van der Waals surface area (Å²) in [6.07, 6.45) is -11.8. The van der Waals surface area contributed by atoms with Gasteiger partial charge in [-0.05, 0) is 0 Å². The highest BCUT2D eigenvalue weighted by Gasteiger charge is 2.38. The summed E-state index contributed by atoms with van der Waals surface area (Å²) in [5, 5.41) is 0. The van der Waals surface area contributed by atoms with Crippen molar-refractivity contribution in [1.82, 2.24) is 19.1 Å². The normalized spacial score (nSPS) is 13.0. The van der Waals surface area contributed by atoms with E-state index in [0.717, 1.165) is 4.57 Å². The Balaban J connectivity index is 1.99. The maximum absolute atomic E-state index is 12.4. The molecule has 2 heterocycles. The Kier molecular flexibility index (Phi) is 6.35. The number of hydrogen-bond donors (Lipinski definition) is 1. The molecule has 0 aliphatic carbocycles. The van der Waals surface area contributed by atoms with Gasteiger partial charge in [-0.1, -0.05) is 7.92 Å². The van der Waals surface area contributed by atoms with E-state index in [4.69, 9.17) is 10.5 Å². The van der Waals surface area contributed by atoms with Crippen LogP contribution in [-0.2, 0) is 18.3 Å². The first-order valence-electron chi connectivity index (χ1n) is 7.48. The molecule has 0 aliphatic rings. The second kappa shape index (κ2) is 8.01. The van der Waals surface area contributed by atoms with Gasteiger partial charge in [0.1, 0.15) is 0 Å². The smallest absolute Gasteiger partial charge is 0.375 e. The second-order valence-corrected chi connectivity index (χ2v) is 7.93. The molecule has 152 valence electrons. The molecule has 0 spiro atoms. The van der Waals surface area contributed by atoms with Gasteiger partial charge in [0.05, 0.1) is 31.6 Å². The molecule has 0 saturated heterocycles. The number of alkyl halides is 6. The van der Waals surface area contributed by atoms with Gasteiger partial charge in [-0.2, -0.15) is 31.3 Å². The summed E-state index contributed by atoms with van der Waals surface area (Å²) >= 11 is 0. The highest BCUT2D eigenvalue weighted by Crippen LogP contribution is 2.45. The van der Waals surface area contributed by atoms with E-state index in [2.05, 4.69) is 9.97 Å². The quantitative estimate of drug-likeness (QED) is 0.423. The molecule has 2 aromatic rings. The molecule has 2 rings (SSSR count). The Labute approximate surface area is 149 Å². The third kappa shape index (κ3) is 6.06. The summed E-state index contributed by atoms with van der Waals surface area (Å²) in [6.45, 7) is -0.131. The van der Waals surface area contributed by atoms with E-state index in [1.165, 1.54) is 17.9 Å². The Hall–Kier alpha value is -1.88. The van der Waals surface area contributed by atoms with Crippen LogP contribution in [0.25, 0.3) is 11.2 Å². The van der Waals surface area contributed by atoms with Crippen molar-refractivity contribution in [3.63, 3.8) is 0 Å². The van der Waals surface area contributed by atoms with Gasteiger partial charge in [0.15, 0.2) is 11.2 Å². The Morgan fingerprint density at radius 3 is 2.33 bits per heavy atom. The second-order valence-electron chi connectivity index (χ2n) is 5.70. The largest absolute Gasteiger partial charge is 0.392 e. The van der Waals surface area contributed by atoms with E-state index in [1.807, 2.05) is 0 Å². The Morgan fingerprint density at radius 1 is 1.19 bits per heavy atom. The highest BCUT2D eigenvalue weighted by atomic mass is 31.1. The zero-order valence-electron chi connectivity index (χ0n) is 14.0. The average molecular weight is 419 g/mol. The lowest BCUT2D eigenvalue weighted by atomic mass is 10.5. The average Bonchev–Trinajstić information content (AvgIpc) is 2.89. The van der Waals surface area contributed by atoms with Crippen LogP contribution in [-0.4, -0.2) is 56.7 Å². The first kappa shape index (κ1) is 21.4. The molecule has 2 N–H and O–H groups in total. The van der Waals surface area contributed by atoms with E-state index in [1.54, 1.807) is 0 Å². The van der Waals surface area contributed by atoms with Crippen LogP contribution >= 0.6 is 7.92 Å². The molecule has 0 atom stereocenters. The van der Waals surface area contributed by atoms with E-state index in [9.17, 15) is 31.1 Å². The SMILES string of the molecule is Cn1c(N)nc2c(ncn2CCOCP(CC(F)(F)F)CC(F)(F)F)c1=O. The van der Waals surface area contributed by atoms with Gasteiger partial charge in [-0.3, -0.25) is 9.36 Å². The van der Waals surface area contributed by atoms with Gasteiger partial charge in [-0.25, -0.2) is 4.98 Å². The number of hydrogen-bond acceptors (Lipinski definition) is 5. The van der Waals surface area contributed by atoms with Crippen molar-refractivity contribution >= 4 is 25.0 Å². The molecular formula is C13H16F6N5O2P. The molecule has 0 radical (unpaired) electrons. The molecule has 0 saturated carbocycles. The summed E-state index contributed by atoms with van der Waals surface area (Å²) in [5.41, 5.74) is 5.32. The van der Waals surface area contributed by atoms with Gasteiger partial charge in [0.2, 0.25) is 5.95 Å². The maximum atomic E-state index is 12.4. The number of nitrogens with zero attached hydrogens (tertiary/aromatic N) is 4. The highest BCUT2D eigenvalue weighted by molar-refractivity contribution is 7.57. The van der Waals surface area contributed by atoms with Crippen molar-refractivity contribution < 1.29 is 31.1 Å². The van der Waals surface area contributed by atoms with Crippen LogP contribution in [0.5, 0.6) is 0 Å². The predicted octanol–water partition coefficient (Wildman–Crippen LogP) is 2.29. The molecule has 7 nitrogen and oxygen atoms in total. The van der Waals surface area contributed by atoms with E-state index < -0.39 is 44.5 Å². The molecule has 0 aromatic carbocycles. The molecule has 0 fully saturated rings. The van der Waals surface area contributed by atoms with Crippen LogP contribution < -0.4 is 11.3 Å². The zero-order chi connectivity index (χ0) is 20.4. The van der Waals surface area contributed by atoms with Crippen molar-refractivity contribution in [3.05, 3.63) is 16.7 Å². The van der Waals surface area contributed by atoms with Crippen LogP contribution in [0.2, 0.25) is 0 Å². The summed E-state index contributed by atoms with van der Waals surface area (Å²) in [4.78, 5) is 19.9. The summed E-state index contributed by atoms with van der Waals surface area (Å²) in [7, 11) is -1.03. The van der Waals surface area contributed by atoms with E-state index in [-0.39, 0.29) is 30.3 Å². The maximum Gasteiger partial charge on any atom is 0.392 e. The fraction of sp³-hybridized carbons (Fsp3) is 0.615. The number of fused-ring (bicyclic) bond motifs is 1. The number of ether oxygens (including phenoxy) is 1. The van der Waals surface area contributed by atoms with Crippen molar-refractivity contribution in [2.75, 3.05) is 31.0 Å². The number of halogens is 6. The molecule has 14 heteroatoms. The third-order valence-electron chi connectivity index (χ3n) is 3.44. The lowest BCUT2D eigenvalue weighted by Crippen LogP contribution is -2.22.